The van der Waals surface area contributed by atoms with Crippen LogP contribution in [-0.4, -0.2) is 22.7 Å². The van der Waals surface area contributed by atoms with E-state index in [1.165, 1.54) is 18.2 Å². The third-order valence-corrected chi connectivity index (χ3v) is 2.95. The molecule has 0 radical (unpaired) electrons. The summed E-state index contributed by atoms with van der Waals surface area (Å²) < 4.78 is 18.0. The highest BCUT2D eigenvalue weighted by molar-refractivity contribution is 6.30. The summed E-state index contributed by atoms with van der Waals surface area (Å²) in [7, 11) is 0. The van der Waals surface area contributed by atoms with Gasteiger partial charge in [-0.2, -0.15) is 0 Å². The van der Waals surface area contributed by atoms with E-state index in [2.05, 4.69) is 10.5 Å². The van der Waals surface area contributed by atoms with Crippen molar-refractivity contribution in [3.05, 3.63) is 52.1 Å². The van der Waals surface area contributed by atoms with Gasteiger partial charge in [0, 0.05) is 12.6 Å². The molecule has 2 N–H and O–H groups in total. The number of nitrogens with zero attached hydrogens (tertiary/aromatic N) is 1. The molecule has 2 aromatic rings. The average Bonchev–Trinajstić information content (AvgIpc) is 2.85. The Morgan fingerprint density at radius 2 is 2.30 bits per heavy atom. The molecule has 1 unspecified atom stereocenters. The Hall–Kier alpha value is -1.92. The van der Waals surface area contributed by atoms with Gasteiger partial charge in [0.25, 0.3) is 5.91 Å². The minimum atomic E-state index is -1.04. The Kier molecular flexibility index (Phi) is 4.36. The highest BCUT2D eigenvalue weighted by Gasteiger charge is 2.14. The van der Waals surface area contributed by atoms with Crippen molar-refractivity contribution >= 4 is 17.5 Å². The molecule has 7 heteroatoms. The number of benzene rings is 1. The summed E-state index contributed by atoms with van der Waals surface area (Å²) in [6, 6.07) is 5.43. The van der Waals surface area contributed by atoms with Gasteiger partial charge in [-0.1, -0.05) is 22.8 Å². The Morgan fingerprint density at radius 3 is 2.90 bits per heavy atom. The Labute approximate surface area is 119 Å². The maximum absolute atomic E-state index is 13.3. The van der Waals surface area contributed by atoms with Crippen molar-refractivity contribution in [1.29, 1.82) is 0 Å². The maximum Gasteiger partial charge on any atom is 0.273 e. The smallest absolute Gasteiger partial charge is 0.273 e. The molecular weight excluding hydrogens is 287 g/mol. The number of aliphatic hydroxyl groups is 1. The first-order valence-corrected chi connectivity index (χ1v) is 6.19. The molecule has 0 aliphatic heterocycles. The van der Waals surface area contributed by atoms with Crippen molar-refractivity contribution in [3.63, 3.8) is 0 Å². The number of carbonyl (C=O) groups is 1. The lowest BCUT2D eigenvalue weighted by Crippen LogP contribution is -2.28. The van der Waals surface area contributed by atoms with Gasteiger partial charge in [-0.3, -0.25) is 4.79 Å². The summed E-state index contributed by atoms with van der Waals surface area (Å²) >= 11 is 5.55. The summed E-state index contributed by atoms with van der Waals surface area (Å²) in [4.78, 5) is 11.7. The van der Waals surface area contributed by atoms with E-state index in [1.54, 1.807) is 6.92 Å². The Morgan fingerprint density at radius 1 is 1.55 bits per heavy atom. The van der Waals surface area contributed by atoms with Crippen LogP contribution in [0.25, 0.3) is 0 Å². The minimum Gasteiger partial charge on any atom is -0.387 e. The second-order valence-electron chi connectivity index (χ2n) is 4.22. The summed E-state index contributed by atoms with van der Waals surface area (Å²) in [6.07, 6.45) is -1.04. The van der Waals surface area contributed by atoms with Crippen molar-refractivity contribution in [2.75, 3.05) is 6.54 Å². The minimum absolute atomic E-state index is 0.0249. The normalized spacial score (nSPS) is 12.2. The molecule has 0 aliphatic rings. The number of hydrogen-bond donors (Lipinski definition) is 2. The van der Waals surface area contributed by atoms with Crippen molar-refractivity contribution in [2.45, 2.75) is 13.0 Å². The number of carbonyl (C=O) groups excluding carboxylic acids is 1. The van der Waals surface area contributed by atoms with Crippen LogP contribution in [0.3, 0.4) is 0 Å². The van der Waals surface area contributed by atoms with Gasteiger partial charge in [-0.15, -0.1) is 0 Å². The van der Waals surface area contributed by atoms with Crippen LogP contribution < -0.4 is 5.32 Å². The summed E-state index contributed by atoms with van der Waals surface area (Å²) in [6.45, 7) is 1.58. The van der Waals surface area contributed by atoms with Crippen molar-refractivity contribution in [2.24, 2.45) is 0 Å². The van der Waals surface area contributed by atoms with E-state index in [1.807, 2.05) is 0 Å². The van der Waals surface area contributed by atoms with Crippen molar-refractivity contribution in [1.82, 2.24) is 10.5 Å². The monoisotopic (exact) mass is 298 g/mol. The quantitative estimate of drug-likeness (QED) is 0.907. The van der Waals surface area contributed by atoms with Crippen LogP contribution in [0.5, 0.6) is 0 Å². The summed E-state index contributed by atoms with van der Waals surface area (Å²) in [5.74, 6) is -0.590. The molecule has 20 heavy (non-hydrogen) atoms. The molecule has 1 aromatic heterocycles. The highest BCUT2D eigenvalue weighted by atomic mass is 35.5. The molecule has 0 bridgehead atoms. The lowest BCUT2D eigenvalue weighted by molar-refractivity contribution is 0.0907. The van der Waals surface area contributed by atoms with E-state index in [0.29, 0.717) is 11.3 Å². The third kappa shape index (κ3) is 3.34. The van der Waals surface area contributed by atoms with E-state index in [9.17, 15) is 14.3 Å². The molecule has 0 saturated carbocycles. The zero-order chi connectivity index (χ0) is 14.7. The number of nitrogens with one attached hydrogen (secondary N) is 1. The molecule has 0 saturated heterocycles. The number of aromatic nitrogens is 1. The van der Waals surface area contributed by atoms with Crippen molar-refractivity contribution in [3.8, 4) is 0 Å². The predicted molar refractivity (Wildman–Crippen MR) is 69.9 cm³/mol. The molecule has 1 aromatic carbocycles. The van der Waals surface area contributed by atoms with E-state index >= 15 is 0 Å². The fraction of sp³-hybridized carbons (Fsp3) is 0.231. The fourth-order valence-corrected chi connectivity index (χ4v) is 1.71. The number of hydrogen-bond acceptors (Lipinski definition) is 4. The first-order valence-electron chi connectivity index (χ1n) is 5.82. The standard InChI is InChI=1S/C13H12ClFN2O3/c1-7-4-11(17-20-7)13(19)16-6-12(18)8-2-3-9(14)10(15)5-8/h2-5,12,18H,6H2,1H3,(H,16,19). The molecule has 0 fully saturated rings. The molecule has 2 rings (SSSR count). The molecule has 1 atom stereocenters. The second kappa shape index (κ2) is 6.02. The predicted octanol–water partition coefficient (Wildman–Crippen LogP) is 2.24. The van der Waals surface area contributed by atoms with Crippen LogP contribution in [0.1, 0.15) is 27.9 Å². The molecule has 0 spiro atoms. The van der Waals surface area contributed by atoms with Gasteiger partial charge in [0.2, 0.25) is 0 Å². The lowest BCUT2D eigenvalue weighted by Gasteiger charge is -2.12. The summed E-state index contributed by atoms with van der Waals surface area (Å²) in [5.41, 5.74) is 0.445. The van der Waals surface area contributed by atoms with E-state index in [4.69, 9.17) is 16.1 Å². The largest absolute Gasteiger partial charge is 0.387 e. The number of aliphatic hydroxyl groups excluding tert-OH is 1. The topological polar surface area (TPSA) is 75.4 Å². The van der Waals surface area contributed by atoms with Crippen LogP contribution in [0.15, 0.2) is 28.8 Å². The Balaban J connectivity index is 1.96. The van der Waals surface area contributed by atoms with Gasteiger partial charge in [-0.05, 0) is 24.6 Å². The number of amides is 1. The van der Waals surface area contributed by atoms with Crippen LogP contribution in [0.4, 0.5) is 4.39 Å². The van der Waals surface area contributed by atoms with Gasteiger partial charge < -0.3 is 14.9 Å². The average molecular weight is 299 g/mol. The van der Waals surface area contributed by atoms with Gasteiger partial charge in [0.05, 0.1) is 11.1 Å². The third-order valence-electron chi connectivity index (χ3n) is 2.65. The van der Waals surface area contributed by atoms with Gasteiger partial charge in [0.15, 0.2) is 5.69 Å². The molecular formula is C13H12ClFN2O3. The maximum atomic E-state index is 13.3. The molecule has 5 nitrogen and oxygen atoms in total. The number of aryl methyl sites for hydroxylation is 1. The molecule has 1 amide bonds. The van der Waals surface area contributed by atoms with Crippen LogP contribution in [0.2, 0.25) is 5.02 Å². The Bertz CT molecular complexity index is 630. The van der Waals surface area contributed by atoms with E-state index in [-0.39, 0.29) is 17.3 Å². The molecule has 0 aliphatic carbocycles. The van der Waals surface area contributed by atoms with Crippen LogP contribution >= 0.6 is 11.6 Å². The van der Waals surface area contributed by atoms with Crippen LogP contribution in [-0.2, 0) is 0 Å². The van der Waals surface area contributed by atoms with Gasteiger partial charge >= 0.3 is 0 Å². The SMILES string of the molecule is Cc1cc(C(=O)NCC(O)c2ccc(Cl)c(F)c2)no1. The number of halogens is 2. The first-order chi connectivity index (χ1) is 9.47. The highest BCUT2D eigenvalue weighted by Crippen LogP contribution is 2.19. The second-order valence-corrected chi connectivity index (χ2v) is 4.63. The van der Waals surface area contributed by atoms with Gasteiger partial charge in [0.1, 0.15) is 11.6 Å². The summed E-state index contributed by atoms with van der Waals surface area (Å²) in [5, 5.41) is 15.9. The first kappa shape index (κ1) is 14.5. The molecule has 106 valence electrons. The zero-order valence-corrected chi connectivity index (χ0v) is 11.3. The van der Waals surface area contributed by atoms with E-state index in [0.717, 1.165) is 6.07 Å². The van der Waals surface area contributed by atoms with E-state index < -0.39 is 17.8 Å². The van der Waals surface area contributed by atoms with Gasteiger partial charge in [-0.25, -0.2) is 4.39 Å². The number of rotatable bonds is 4. The van der Waals surface area contributed by atoms with Crippen molar-refractivity contribution < 1.29 is 18.8 Å². The van der Waals surface area contributed by atoms with Crippen LogP contribution in [0, 0.1) is 12.7 Å². The zero-order valence-electron chi connectivity index (χ0n) is 10.6. The fourth-order valence-electron chi connectivity index (χ4n) is 1.59. The lowest BCUT2D eigenvalue weighted by atomic mass is 10.1. The molecule has 1 heterocycles.